The molecule has 140 valence electrons. The first-order valence-corrected chi connectivity index (χ1v) is 8.02. The van der Waals surface area contributed by atoms with Gasteiger partial charge in [-0.05, 0) is 19.1 Å². The van der Waals surface area contributed by atoms with Gasteiger partial charge in [0, 0.05) is 19.7 Å². The van der Waals surface area contributed by atoms with Gasteiger partial charge in [0.05, 0.1) is 11.8 Å². The lowest BCUT2D eigenvalue weighted by Gasteiger charge is -2.06. The Labute approximate surface area is 148 Å². The number of nitrogens with one attached hydrogen (secondary N) is 1. The Bertz CT molecular complexity index is 857. The molecule has 3 rings (SSSR count). The van der Waals surface area contributed by atoms with E-state index >= 15 is 0 Å². The largest absolute Gasteiger partial charge is 0.454 e. The van der Waals surface area contributed by atoms with Crippen molar-refractivity contribution in [2.45, 2.75) is 26.2 Å². The lowest BCUT2D eigenvalue weighted by Crippen LogP contribution is -2.36. The normalized spacial score (nSPS) is 13.7. The third-order valence-corrected chi connectivity index (χ3v) is 3.68. The van der Waals surface area contributed by atoms with E-state index in [1.54, 1.807) is 25.1 Å². The van der Waals surface area contributed by atoms with Crippen LogP contribution in [0.4, 0.5) is 0 Å². The van der Waals surface area contributed by atoms with E-state index in [1.165, 1.54) is 11.7 Å². The van der Waals surface area contributed by atoms with Crippen LogP contribution in [0.1, 0.15) is 12.7 Å². The first kappa shape index (κ1) is 18.0. The molecule has 0 aliphatic carbocycles. The van der Waals surface area contributed by atoms with Crippen molar-refractivity contribution < 1.29 is 24.1 Å². The highest BCUT2D eigenvalue weighted by Crippen LogP contribution is 2.33. The van der Waals surface area contributed by atoms with E-state index in [4.69, 9.17) is 14.2 Å². The summed E-state index contributed by atoms with van der Waals surface area (Å²) < 4.78 is 18.1. The van der Waals surface area contributed by atoms with Gasteiger partial charge in [0.2, 0.25) is 12.7 Å². The summed E-state index contributed by atoms with van der Waals surface area (Å²) in [7, 11) is 1.49. The number of amides is 1. The van der Waals surface area contributed by atoms with Crippen molar-refractivity contribution >= 4 is 5.91 Å². The zero-order valence-electron chi connectivity index (χ0n) is 14.5. The number of fused-ring (bicyclic) bond motifs is 1. The van der Waals surface area contributed by atoms with Crippen LogP contribution in [-0.4, -0.2) is 51.9 Å². The number of carbonyl (C=O) groups excluding carboxylic acids is 1. The number of rotatable bonds is 7. The first-order valence-electron chi connectivity index (χ1n) is 8.02. The van der Waals surface area contributed by atoms with Crippen molar-refractivity contribution in [3.63, 3.8) is 0 Å². The summed E-state index contributed by atoms with van der Waals surface area (Å²) in [6, 6.07) is 5.07. The van der Waals surface area contributed by atoms with Gasteiger partial charge in [-0.1, -0.05) is 0 Å². The number of methoxy groups -OCH3 is 1. The van der Waals surface area contributed by atoms with Crippen LogP contribution in [0.25, 0.3) is 5.69 Å². The van der Waals surface area contributed by atoms with E-state index in [2.05, 4.69) is 10.4 Å². The van der Waals surface area contributed by atoms with Crippen molar-refractivity contribution in [2.24, 2.45) is 0 Å². The van der Waals surface area contributed by atoms with Crippen LogP contribution < -0.4 is 20.5 Å². The molecule has 1 aromatic carbocycles. The SMILES string of the molecule is COCc1nn(CC(=O)NCC(C)O)c(=O)n1-c1ccc2c(c1)OCO2. The molecule has 2 heterocycles. The van der Waals surface area contributed by atoms with E-state index in [1.807, 2.05) is 0 Å². The van der Waals surface area contributed by atoms with Gasteiger partial charge in [-0.25, -0.2) is 14.0 Å². The van der Waals surface area contributed by atoms with Crippen molar-refractivity contribution in [3.8, 4) is 17.2 Å². The molecule has 1 aliphatic heterocycles. The average molecular weight is 364 g/mol. The molecule has 0 saturated carbocycles. The number of carbonyl (C=O) groups is 1. The smallest absolute Gasteiger partial charge is 0.351 e. The minimum Gasteiger partial charge on any atom is -0.454 e. The van der Waals surface area contributed by atoms with Gasteiger partial charge in [0.25, 0.3) is 0 Å². The molecule has 0 bridgehead atoms. The van der Waals surface area contributed by atoms with E-state index in [-0.39, 0.29) is 26.5 Å². The van der Waals surface area contributed by atoms with Gasteiger partial charge >= 0.3 is 5.69 Å². The molecule has 0 spiro atoms. The number of nitrogens with zero attached hydrogens (tertiary/aromatic N) is 3. The number of hydrogen-bond acceptors (Lipinski definition) is 7. The van der Waals surface area contributed by atoms with Crippen molar-refractivity contribution in [2.75, 3.05) is 20.4 Å². The molecule has 1 amide bonds. The Morgan fingerprint density at radius 2 is 2.19 bits per heavy atom. The van der Waals surface area contributed by atoms with E-state index in [0.29, 0.717) is 23.0 Å². The fourth-order valence-corrected chi connectivity index (χ4v) is 2.52. The monoisotopic (exact) mass is 364 g/mol. The van der Waals surface area contributed by atoms with Crippen LogP contribution in [0.2, 0.25) is 0 Å². The molecule has 1 aliphatic rings. The van der Waals surface area contributed by atoms with Gasteiger partial charge < -0.3 is 24.6 Å². The second-order valence-electron chi connectivity index (χ2n) is 5.82. The van der Waals surface area contributed by atoms with Crippen LogP contribution in [0, 0.1) is 0 Å². The zero-order chi connectivity index (χ0) is 18.7. The number of benzene rings is 1. The van der Waals surface area contributed by atoms with Crippen LogP contribution in [0.15, 0.2) is 23.0 Å². The Morgan fingerprint density at radius 1 is 1.42 bits per heavy atom. The summed E-state index contributed by atoms with van der Waals surface area (Å²) in [5.41, 5.74) is 0.0463. The predicted molar refractivity (Wildman–Crippen MR) is 89.4 cm³/mol. The van der Waals surface area contributed by atoms with E-state index in [0.717, 1.165) is 4.68 Å². The van der Waals surface area contributed by atoms with E-state index in [9.17, 15) is 14.7 Å². The standard InChI is InChI=1S/C16H20N4O6/c1-10(21)6-17-15(22)7-19-16(23)20(14(18-19)8-24-2)11-3-4-12-13(5-11)26-9-25-12/h3-5,10,21H,6-9H2,1-2H3,(H,17,22). The number of aromatic nitrogens is 3. The first-order chi connectivity index (χ1) is 12.5. The number of hydrogen-bond donors (Lipinski definition) is 2. The summed E-state index contributed by atoms with van der Waals surface area (Å²) in [6.07, 6.45) is -0.675. The Morgan fingerprint density at radius 3 is 2.92 bits per heavy atom. The highest BCUT2D eigenvalue weighted by molar-refractivity contribution is 5.75. The molecule has 0 radical (unpaired) electrons. The van der Waals surface area contributed by atoms with Gasteiger partial charge in [0.1, 0.15) is 13.2 Å². The molecule has 0 fully saturated rings. The van der Waals surface area contributed by atoms with Gasteiger partial charge in [-0.15, -0.1) is 0 Å². The van der Waals surface area contributed by atoms with Crippen LogP contribution in [-0.2, 0) is 22.7 Å². The maximum atomic E-state index is 12.7. The van der Waals surface area contributed by atoms with Crippen LogP contribution in [0.3, 0.4) is 0 Å². The minimum atomic E-state index is -0.675. The zero-order valence-corrected chi connectivity index (χ0v) is 14.5. The Hall–Kier alpha value is -2.85. The topological polar surface area (TPSA) is 117 Å². The third kappa shape index (κ3) is 3.70. The van der Waals surface area contributed by atoms with Gasteiger partial charge in [0.15, 0.2) is 17.3 Å². The Balaban J connectivity index is 1.91. The molecule has 1 aromatic heterocycles. The Kier molecular flexibility index (Phi) is 5.24. The summed E-state index contributed by atoms with van der Waals surface area (Å²) in [4.78, 5) is 24.7. The highest BCUT2D eigenvalue weighted by Gasteiger charge is 2.20. The van der Waals surface area contributed by atoms with Crippen molar-refractivity contribution in [1.29, 1.82) is 0 Å². The fourth-order valence-electron chi connectivity index (χ4n) is 2.52. The molecule has 10 nitrogen and oxygen atoms in total. The summed E-state index contributed by atoms with van der Waals surface area (Å²) in [5.74, 6) is 1.05. The predicted octanol–water partition coefficient (Wildman–Crippen LogP) is -0.594. The third-order valence-electron chi connectivity index (χ3n) is 3.68. The lowest BCUT2D eigenvalue weighted by molar-refractivity contribution is -0.122. The van der Waals surface area contributed by atoms with Gasteiger partial charge in [-0.2, -0.15) is 5.10 Å². The number of ether oxygens (including phenoxy) is 3. The molecule has 0 saturated heterocycles. The minimum absolute atomic E-state index is 0.0893. The average Bonchev–Trinajstić information content (AvgIpc) is 3.18. The molecule has 1 atom stereocenters. The number of aliphatic hydroxyl groups is 1. The second kappa shape index (κ2) is 7.58. The molecular weight excluding hydrogens is 344 g/mol. The molecule has 2 aromatic rings. The number of aliphatic hydroxyl groups excluding tert-OH is 1. The summed E-state index contributed by atoms with van der Waals surface area (Å²) in [5, 5.41) is 15.9. The molecule has 1 unspecified atom stereocenters. The van der Waals surface area contributed by atoms with Crippen LogP contribution in [0.5, 0.6) is 11.5 Å². The quantitative estimate of drug-likeness (QED) is 0.674. The van der Waals surface area contributed by atoms with Crippen molar-refractivity contribution in [3.05, 3.63) is 34.5 Å². The molecule has 2 N–H and O–H groups in total. The van der Waals surface area contributed by atoms with E-state index < -0.39 is 17.7 Å². The van der Waals surface area contributed by atoms with Crippen molar-refractivity contribution in [1.82, 2.24) is 19.7 Å². The fraction of sp³-hybridized carbons (Fsp3) is 0.438. The molecule has 10 heteroatoms. The summed E-state index contributed by atoms with van der Waals surface area (Å²) in [6.45, 7) is 1.60. The highest BCUT2D eigenvalue weighted by atomic mass is 16.7. The van der Waals surface area contributed by atoms with Crippen LogP contribution >= 0.6 is 0 Å². The lowest BCUT2D eigenvalue weighted by atomic mass is 10.2. The maximum absolute atomic E-state index is 12.7. The van der Waals surface area contributed by atoms with Gasteiger partial charge in [-0.3, -0.25) is 4.79 Å². The second-order valence-corrected chi connectivity index (χ2v) is 5.82. The molecule has 26 heavy (non-hydrogen) atoms. The summed E-state index contributed by atoms with van der Waals surface area (Å²) >= 11 is 0. The maximum Gasteiger partial charge on any atom is 0.351 e. The molecular formula is C16H20N4O6.